The molecule has 2 atom stereocenters. The molecule has 0 saturated carbocycles. The predicted molar refractivity (Wildman–Crippen MR) is 68.8 cm³/mol. The Hall–Kier alpha value is -0.120. The third kappa shape index (κ3) is 4.04. The lowest BCUT2D eigenvalue weighted by Crippen LogP contribution is -2.46. The number of ether oxygens (including phenoxy) is 1. The third-order valence-electron chi connectivity index (χ3n) is 3.82. The number of rotatable bonds is 6. The monoisotopic (exact) mass is 228 g/mol. The van der Waals surface area contributed by atoms with E-state index in [0.29, 0.717) is 17.6 Å². The Bertz CT molecular complexity index is 200. The molecule has 1 rings (SSSR count). The van der Waals surface area contributed by atoms with E-state index in [0.717, 1.165) is 19.7 Å². The molecule has 16 heavy (non-hydrogen) atoms. The molecule has 1 fully saturated rings. The molecule has 1 aliphatic heterocycles. The minimum Gasteiger partial charge on any atom is -0.377 e. The van der Waals surface area contributed by atoms with Crippen LogP contribution in [0.3, 0.4) is 0 Å². The fourth-order valence-electron chi connectivity index (χ4n) is 2.42. The lowest BCUT2D eigenvalue weighted by Gasteiger charge is -2.36. The molecule has 0 aromatic heterocycles. The van der Waals surface area contributed by atoms with Crippen LogP contribution in [0.5, 0.6) is 0 Å². The van der Waals surface area contributed by atoms with E-state index in [1.807, 2.05) is 7.05 Å². The highest BCUT2D eigenvalue weighted by atomic mass is 16.5. The minimum atomic E-state index is 0.294. The SMILES string of the molecule is CNC(C)C(C)(C)CN(C)CC1CCCO1. The van der Waals surface area contributed by atoms with Crippen molar-refractivity contribution in [3.05, 3.63) is 0 Å². The smallest absolute Gasteiger partial charge is 0.0702 e. The lowest BCUT2D eigenvalue weighted by molar-refractivity contribution is 0.0648. The van der Waals surface area contributed by atoms with E-state index >= 15 is 0 Å². The highest BCUT2D eigenvalue weighted by Gasteiger charge is 2.27. The summed E-state index contributed by atoms with van der Waals surface area (Å²) < 4.78 is 5.67. The van der Waals surface area contributed by atoms with E-state index in [2.05, 4.69) is 38.0 Å². The summed E-state index contributed by atoms with van der Waals surface area (Å²) in [6.45, 7) is 10.0. The average Bonchev–Trinajstić information content (AvgIpc) is 2.67. The van der Waals surface area contributed by atoms with Crippen molar-refractivity contribution in [1.82, 2.24) is 10.2 Å². The molecule has 1 N–H and O–H groups in total. The van der Waals surface area contributed by atoms with Crippen molar-refractivity contribution in [3.63, 3.8) is 0 Å². The Kier molecular flexibility index (Phi) is 5.22. The van der Waals surface area contributed by atoms with Gasteiger partial charge in [-0.25, -0.2) is 0 Å². The molecule has 1 heterocycles. The van der Waals surface area contributed by atoms with Crippen LogP contribution in [-0.2, 0) is 4.74 Å². The first-order chi connectivity index (χ1) is 7.45. The van der Waals surface area contributed by atoms with Crippen LogP contribution in [0.25, 0.3) is 0 Å². The molecule has 0 aliphatic carbocycles. The van der Waals surface area contributed by atoms with Crippen molar-refractivity contribution in [2.45, 2.75) is 45.8 Å². The lowest BCUT2D eigenvalue weighted by atomic mass is 9.85. The van der Waals surface area contributed by atoms with Crippen LogP contribution >= 0.6 is 0 Å². The van der Waals surface area contributed by atoms with Crippen LogP contribution in [0.15, 0.2) is 0 Å². The fourth-order valence-corrected chi connectivity index (χ4v) is 2.42. The van der Waals surface area contributed by atoms with Gasteiger partial charge in [0.25, 0.3) is 0 Å². The maximum Gasteiger partial charge on any atom is 0.0702 e. The Morgan fingerprint density at radius 1 is 1.50 bits per heavy atom. The molecule has 0 aromatic rings. The molecule has 96 valence electrons. The van der Waals surface area contributed by atoms with Gasteiger partial charge < -0.3 is 15.0 Å². The minimum absolute atomic E-state index is 0.294. The maximum atomic E-state index is 5.67. The first-order valence-corrected chi connectivity index (χ1v) is 6.43. The van der Waals surface area contributed by atoms with Gasteiger partial charge in [-0.05, 0) is 39.3 Å². The van der Waals surface area contributed by atoms with Crippen molar-refractivity contribution in [2.75, 3.05) is 33.8 Å². The summed E-state index contributed by atoms with van der Waals surface area (Å²) in [5.41, 5.74) is 0.294. The zero-order valence-electron chi connectivity index (χ0n) is 11.5. The predicted octanol–water partition coefficient (Wildman–Crippen LogP) is 1.73. The second-order valence-corrected chi connectivity index (χ2v) is 5.83. The molecule has 3 nitrogen and oxygen atoms in total. The van der Waals surface area contributed by atoms with Gasteiger partial charge in [0, 0.05) is 25.7 Å². The van der Waals surface area contributed by atoms with Gasteiger partial charge in [-0.15, -0.1) is 0 Å². The van der Waals surface area contributed by atoms with E-state index in [1.54, 1.807) is 0 Å². The molecule has 1 aliphatic rings. The summed E-state index contributed by atoms with van der Waals surface area (Å²) in [6, 6.07) is 0.527. The molecule has 3 heteroatoms. The average molecular weight is 228 g/mol. The van der Waals surface area contributed by atoms with Crippen LogP contribution in [0.4, 0.5) is 0 Å². The second kappa shape index (κ2) is 5.99. The Labute approximate surface area is 101 Å². The molecule has 0 amide bonds. The van der Waals surface area contributed by atoms with E-state index < -0.39 is 0 Å². The van der Waals surface area contributed by atoms with E-state index in [9.17, 15) is 0 Å². The number of nitrogens with zero attached hydrogens (tertiary/aromatic N) is 1. The highest BCUT2D eigenvalue weighted by Crippen LogP contribution is 2.22. The molecule has 1 saturated heterocycles. The van der Waals surface area contributed by atoms with Crippen LogP contribution in [0, 0.1) is 5.41 Å². The summed E-state index contributed by atoms with van der Waals surface area (Å²) in [6.07, 6.45) is 2.92. The summed E-state index contributed by atoms with van der Waals surface area (Å²) in [4.78, 5) is 2.41. The van der Waals surface area contributed by atoms with Crippen LogP contribution in [0.2, 0.25) is 0 Å². The molecular weight excluding hydrogens is 200 g/mol. The van der Waals surface area contributed by atoms with Crippen molar-refractivity contribution >= 4 is 0 Å². The summed E-state index contributed by atoms with van der Waals surface area (Å²) in [5.74, 6) is 0. The normalized spacial score (nSPS) is 24.0. The highest BCUT2D eigenvalue weighted by molar-refractivity contribution is 4.83. The topological polar surface area (TPSA) is 24.5 Å². The van der Waals surface area contributed by atoms with Gasteiger partial charge >= 0.3 is 0 Å². The quantitative estimate of drug-likeness (QED) is 0.749. The van der Waals surface area contributed by atoms with E-state index in [1.165, 1.54) is 12.8 Å². The zero-order chi connectivity index (χ0) is 12.2. The Balaban J connectivity index is 2.34. The van der Waals surface area contributed by atoms with Gasteiger partial charge in [-0.2, -0.15) is 0 Å². The van der Waals surface area contributed by atoms with Crippen LogP contribution < -0.4 is 5.32 Å². The molecule has 0 aromatic carbocycles. The van der Waals surface area contributed by atoms with Crippen LogP contribution in [-0.4, -0.2) is 50.8 Å². The number of hydrogen-bond acceptors (Lipinski definition) is 3. The molecule has 0 bridgehead atoms. The van der Waals surface area contributed by atoms with E-state index in [-0.39, 0.29) is 0 Å². The van der Waals surface area contributed by atoms with Gasteiger partial charge in [0.15, 0.2) is 0 Å². The fraction of sp³-hybridized carbons (Fsp3) is 1.00. The number of nitrogens with one attached hydrogen (secondary N) is 1. The van der Waals surface area contributed by atoms with Gasteiger partial charge in [0.05, 0.1) is 6.10 Å². The zero-order valence-corrected chi connectivity index (χ0v) is 11.5. The Morgan fingerprint density at radius 2 is 2.19 bits per heavy atom. The molecule has 0 radical (unpaired) electrons. The summed E-state index contributed by atoms with van der Waals surface area (Å²) in [7, 11) is 4.23. The molecule has 0 spiro atoms. The van der Waals surface area contributed by atoms with Gasteiger partial charge in [-0.1, -0.05) is 13.8 Å². The van der Waals surface area contributed by atoms with Crippen molar-refractivity contribution in [1.29, 1.82) is 0 Å². The van der Waals surface area contributed by atoms with Gasteiger partial charge in [0.2, 0.25) is 0 Å². The Morgan fingerprint density at radius 3 is 2.69 bits per heavy atom. The summed E-state index contributed by atoms with van der Waals surface area (Å²) in [5, 5.41) is 3.35. The summed E-state index contributed by atoms with van der Waals surface area (Å²) >= 11 is 0. The first-order valence-electron chi connectivity index (χ1n) is 6.43. The van der Waals surface area contributed by atoms with Gasteiger partial charge in [-0.3, -0.25) is 0 Å². The second-order valence-electron chi connectivity index (χ2n) is 5.83. The largest absolute Gasteiger partial charge is 0.377 e. The first kappa shape index (κ1) is 13.9. The third-order valence-corrected chi connectivity index (χ3v) is 3.82. The molecule has 2 unspecified atom stereocenters. The maximum absolute atomic E-state index is 5.67. The van der Waals surface area contributed by atoms with Crippen LogP contribution in [0.1, 0.15) is 33.6 Å². The number of likely N-dealkylation sites (N-methyl/N-ethyl adjacent to an activating group) is 1. The van der Waals surface area contributed by atoms with Crippen molar-refractivity contribution in [3.8, 4) is 0 Å². The molecular formula is C13H28N2O. The van der Waals surface area contributed by atoms with Gasteiger partial charge in [0.1, 0.15) is 0 Å². The standard InChI is InChI=1S/C13H28N2O/c1-11(14-4)13(2,3)10-15(5)9-12-7-6-8-16-12/h11-12,14H,6-10H2,1-5H3. The number of hydrogen-bond donors (Lipinski definition) is 1. The van der Waals surface area contributed by atoms with E-state index in [4.69, 9.17) is 4.74 Å². The van der Waals surface area contributed by atoms with Crippen molar-refractivity contribution < 1.29 is 4.74 Å². The van der Waals surface area contributed by atoms with Crippen molar-refractivity contribution in [2.24, 2.45) is 5.41 Å².